The van der Waals surface area contributed by atoms with Crippen molar-refractivity contribution in [2.24, 2.45) is 0 Å². The number of anilines is 1. The summed E-state index contributed by atoms with van der Waals surface area (Å²) in [6.45, 7) is 3.01. The Hall–Kier alpha value is -1.24. The summed E-state index contributed by atoms with van der Waals surface area (Å²) in [5, 5.41) is 0. The predicted octanol–water partition coefficient (Wildman–Crippen LogP) is 2.70. The SMILES string of the molecule is C/C=C\CN(C)c1ccccc1. The van der Waals surface area contributed by atoms with Crippen molar-refractivity contribution in [2.75, 3.05) is 18.5 Å². The van der Waals surface area contributed by atoms with Gasteiger partial charge in [0.05, 0.1) is 0 Å². The van der Waals surface area contributed by atoms with Crippen molar-refractivity contribution in [3.8, 4) is 0 Å². The first kappa shape index (κ1) is 8.85. The van der Waals surface area contributed by atoms with E-state index in [0.717, 1.165) is 6.54 Å². The lowest BCUT2D eigenvalue weighted by Crippen LogP contribution is -2.16. The van der Waals surface area contributed by atoms with E-state index in [-0.39, 0.29) is 0 Å². The second-order valence-electron chi connectivity index (χ2n) is 2.79. The summed E-state index contributed by atoms with van der Waals surface area (Å²) in [6, 6.07) is 10.4. The number of likely N-dealkylation sites (N-methyl/N-ethyl adjacent to an activating group) is 1. The van der Waals surface area contributed by atoms with Gasteiger partial charge in [0.25, 0.3) is 0 Å². The third kappa shape index (κ3) is 2.42. The van der Waals surface area contributed by atoms with Gasteiger partial charge < -0.3 is 4.90 Å². The first-order chi connectivity index (χ1) is 5.84. The van der Waals surface area contributed by atoms with E-state index in [1.807, 2.05) is 13.0 Å². The molecule has 0 unspecified atom stereocenters. The normalized spacial score (nSPS) is 10.5. The van der Waals surface area contributed by atoms with Gasteiger partial charge in [0, 0.05) is 19.3 Å². The van der Waals surface area contributed by atoms with E-state index in [2.05, 4.69) is 48.4 Å². The molecule has 12 heavy (non-hydrogen) atoms. The summed E-state index contributed by atoms with van der Waals surface area (Å²) >= 11 is 0. The van der Waals surface area contributed by atoms with Gasteiger partial charge in [-0.2, -0.15) is 0 Å². The third-order valence-electron chi connectivity index (χ3n) is 1.81. The van der Waals surface area contributed by atoms with E-state index in [9.17, 15) is 0 Å². The molecule has 1 rings (SSSR count). The molecule has 0 amide bonds. The van der Waals surface area contributed by atoms with E-state index in [4.69, 9.17) is 0 Å². The van der Waals surface area contributed by atoms with Crippen molar-refractivity contribution in [3.05, 3.63) is 42.5 Å². The molecular weight excluding hydrogens is 146 g/mol. The Labute approximate surface area is 74.3 Å². The molecule has 64 valence electrons. The van der Waals surface area contributed by atoms with Crippen molar-refractivity contribution in [2.45, 2.75) is 6.92 Å². The molecule has 0 fully saturated rings. The van der Waals surface area contributed by atoms with Crippen molar-refractivity contribution >= 4 is 5.69 Å². The highest BCUT2D eigenvalue weighted by Crippen LogP contribution is 2.09. The minimum Gasteiger partial charge on any atom is -0.371 e. The van der Waals surface area contributed by atoms with Crippen LogP contribution in [-0.4, -0.2) is 13.6 Å². The zero-order chi connectivity index (χ0) is 8.81. The van der Waals surface area contributed by atoms with Crippen LogP contribution in [-0.2, 0) is 0 Å². The van der Waals surface area contributed by atoms with E-state index in [1.165, 1.54) is 5.69 Å². The average molecular weight is 161 g/mol. The lowest BCUT2D eigenvalue weighted by molar-refractivity contribution is 1.03. The maximum atomic E-state index is 2.21. The molecule has 0 aliphatic carbocycles. The number of allylic oxidation sites excluding steroid dienone is 1. The largest absolute Gasteiger partial charge is 0.371 e. The molecular formula is C11H15N. The Morgan fingerprint density at radius 2 is 1.92 bits per heavy atom. The Morgan fingerprint density at radius 3 is 2.50 bits per heavy atom. The monoisotopic (exact) mass is 161 g/mol. The molecule has 1 aromatic carbocycles. The summed E-state index contributed by atoms with van der Waals surface area (Å²) in [4.78, 5) is 2.21. The van der Waals surface area contributed by atoms with Crippen molar-refractivity contribution in [3.63, 3.8) is 0 Å². The smallest absolute Gasteiger partial charge is 0.0366 e. The molecule has 0 saturated heterocycles. The van der Waals surface area contributed by atoms with Gasteiger partial charge in [0.1, 0.15) is 0 Å². The summed E-state index contributed by atoms with van der Waals surface area (Å²) in [5.41, 5.74) is 1.26. The Bertz CT molecular complexity index is 238. The van der Waals surface area contributed by atoms with Gasteiger partial charge >= 0.3 is 0 Å². The van der Waals surface area contributed by atoms with Crippen LogP contribution in [0.1, 0.15) is 6.92 Å². The second kappa shape index (κ2) is 4.60. The summed E-state index contributed by atoms with van der Waals surface area (Å²) in [6.07, 6.45) is 4.21. The van der Waals surface area contributed by atoms with Crippen molar-refractivity contribution < 1.29 is 0 Å². The molecule has 0 spiro atoms. The number of rotatable bonds is 3. The lowest BCUT2D eigenvalue weighted by Gasteiger charge is -2.16. The number of hydrogen-bond acceptors (Lipinski definition) is 1. The molecule has 0 aliphatic rings. The van der Waals surface area contributed by atoms with Gasteiger partial charge in [-0.05, 0) is 19.1 Å². The summed E-state index contributed by atoms with van der Waals surface area (Å²) < 4.78 is 0. The fraction of sp³-hybridized carbons (Fsp3) is 0.273. The molecule has 0 aromatic heterocycles. The molecule has 0 N–H and O–H groups in total. The number of hydrogen-bond donors (Lipinski definition) is 0. The molecule has 0 radical (unpaired) electrons. The molecule has 0 atom stereocenters. The maximum absolute atomic E-state index is 2.21. The van der Waals surface area contributed by atoms with Crippen LogP contribution in [0.3, 0.4) is 0 Å². The van der Waals surface area contributed by atoms with E-state index < -0.39 is 0 Å². The minimum atomic E-state index is 0.973. The minimum absolute atomic E-state index is 0.973. The predicted molar refractivity (Wildman–Crippen MR) is 54.5 cm³/mol. The van der Waals surface area contributed by atoms with Crippen LogP contribution in [0.4, 0.5) is 5.69 Å². The Balaban J connectivity index is 2.59. The first-order valence-electron chi connectivity index (χ1n) is 4.22. The second-order valence-corrected chi connectivity index (χ2v) is 2.79. The highest BCUT2D eigenvalue weighted by atomic mass is 15.1. The molecule has 1 heteroatoms. The Kier molecular flexibility index (Phi) is 3.39. The molecule has 0 heterocycles. The molecule has 1 nitrogen and oxygen atoms in total. The highest BCUT2D eigenvalue weighted by Gasteiger charge is 1.94. The van der Waals surface area contributed by atoms with E-state index in [0.29, 0.717) is 0 Å². The zero-order valence-electron chi connectivity index (χ0n) is 7.70. The molecule has 1 aromatic rings. The average Bonchev–Trinajstić information content (AvgIpc) is 2.15. The van der Waals surface area contributed by atoms with Crippen LogP contribution in [0, 0.1) is 0 Å². The van der Waals surface area contributed by atoms with Crippen LogP contribution in [0.2, 0.25) is 0 Å². The maximum Gasteiger partial charge on any atom is 0.0366 e. The fourth-order valence-corrected chi connectivity index (χ4v) is 1.05. The highest BCUT2D eigenvalue weighted by molar-refractivity contribution is 5.45. The fourth-order valence-electron chi connectivity index (χ4n) is 1.05. The van der Waals surface area contributed by atoms with E-state index >= 15 is 0 Å². The zero-order valence-corrected chi connectivity index (χ0v) is 7.70. The summed E-state index contributed by atoms with van der Waals surface area (Å²) in [7, 11) is 2.09. The molecule has 0 aliphatic heterocycles. The summed E-state index contributed by atoms with van der Waals surface area (Å²) in [5.74, 6) is 0. The van der Waals surface area contributed by atoms with Crippen molar-refractivity contribution in [1.29, 1.82) is 0 Å². The van der Waals surface area contributed by atoms with Gasteiger partial charge in [-0.25, -0.2) is 0 Å². The number of nitrogens with zero attached hydrogens (tertiary/aromatic N) is 1. The Morgan fingerprint density at radius 1 is 1.25 bits per heavy atom. The van der Waals surface area contributed by atoms with E-state index in [1.54, 1.807) is 0 Å². The van der Waals surface area contributed by atoms with Gasteiger partial charge in [-0.1, -0.05) is 30.4 Å². The van der Waals surface area contributed by atoms with Crippen LogP contribution < -0.4 is 4.90 Å². The third-order valence-corrected chi connectivity index (χ3v) is 1.81. The van der Waals surface area contributed by atoms with Crippen LogP contribution >= 0.6 is 0 Å². The number of para-hydroxylation sites is 1. The van der Waals surface area contributed by atoms with Gasteiger partial charge in [0.2, 0.25) is 0 Å². The number of benzene rings is 1. The quantitative estimate of drug-likeness (QED) is 0.616. The van der Waals surface area contributed by atoms with Gasteiger partial charge in [0.15, 0.2) is 0 Å². The van der Waals surface area contributed by atoms with Crippen LogP contribution in [0.5, 0.6) is 0 Å². The van der Waals surface area contributed by atoms with Gasteiger partial charge in [-0.3, -0.25) is 0 Å². The first-order valence-corrected chi connectivity index (χ1v) is 4.22. The van der Waals surface area contributed by atoms with Crippen molar-refractivity contribution in [1.82, 2.24) is 0 Å². The molecule has 0 saturated carbocycles. The topological polar surface area (TPSA) is 3.24 Å². The standard InChI is InChI=1S/C11H15N/c1-3-4-10-12(2)11-8-6-5-7-9-11/h3-9H,10H2,1-2H3/b4-3-. The molecule has 0 bridgehead atoms. The lowest BCUT2D eigenvalue weighted by atomic mass is 10.3. The van der Waals surface area contributed by atoms with Gasteiger partial charge in [-0.15, -0.1) is 0 Å². The van der Waals surface area contributed by atoms with Crippen LogP contribution in [0.25, 0.3) is 0 Å². The van der Waals surface area contributed by atoms with Crippen LogP contribution in [0.15, 0.2) is 42.5 Å².